The number of rotatable bonds is 3. The highest BCUT2D eigenvalue weighted by Gasteiger charge is 2.34. The van der Waals surface area contributed by atoms with Gasteiger partial charge in [0.1, 0.15) is 17.3 Å². The Bertz CT molecular complexity index is 639. The van der Waals surface area contributed by atoms with E-state index in [4.69, 9.17) is 4.74 Å². The number of nitrogens with zero attached hydrogens (tertiary/aromatic N) is 4. The van der Waals surface area contributed by atoms with E-state index in [1.54, 1.807) is 0 Å². The number of morpholine rings is 1. The highest BCUT2D eigenvalue weighted by Crippen LogP contribution is 2.31. The lowest BCUT2D eigenvalue weighted by Gasteiger charge is -2.34. The van der Waals surface area contributed by atoms with Gasteiger partial charge in [0.05, 0.1) is 13.2 Å². The summed E-state index contributed by atoms with van der Waals surface area (Å²) in [6, 6.07) is 1.01. The number of carbonyl (C=O) groups excluding carboxylic acids is 1. The van der Waals surface area contributed by atoms with Crippen molar-refractivity contribution in [3.63, 3.8) is 0 Å². The third-order valence-electron chi connectivity index (χ3n) is 4.88. The van der Waals surface area contributed by atoms with Crippen LogP contribution >= 0.6 is 0 Å². The quantitative estimate of drug-likeness (QED) is 0.815. The molecule has 0 atom stereocenters. The zero-order valence-corrected chi connectivity index (χ0v) is 14.8. The van der Waals surface area contributed by atoms with Crippen LogP contribution in [-0.4, -0.2) is 60.2 Å². The van der Waals surface area contributed by atoms with Crippen molar-refractivity contribution < 1.29 is 22.7 Å². The Morgan fingerprint density at radius 3 is 2.46 bits per heavy atom. The minimum absolute atomic E-state index is 0.111. The standard InChI is InChI=1S/C17H23F3N4O2/c1-12-21-14(17(18,19)20)11-15(22-12)23-4-2-13(3-5-23)10-16(25)24-6-8-26-9-7-24/h11,13H,2-10H2,1H3. The molecule has 0 spiro atoms. The summed E-state index contributed by atoms with van der Waals surface area (Å²) in [6.07, 6.45) is -2.46. The van der Waals surface area contributed by atoms with Crippen molar-refractivity contribution in [2.75, 3.05) is 44.3 Å². The minimum atomic E-state index is -4.48. The number of amides is 1. The maximum absolute atomic E-state index is 12.9. The normalized spacial score (nSPS) is 19.7. The smallest absolute Gasteiger partial charge is 0.378 e. The second-order valence-corrected chi connectivity index (χ2v) is 6.78. The highest BCUT2D eigenvalue weighted by molar-refractivity contribution is 5.76. The molecule has 2 fully saturated rings. The second-order valence-electron chi connectivity index (χ2n) is 6.78. The maximum Gasteiger partial charge on any atom is 0.433 e. The molecule has 0 saturated carbocycles. The average molecular weight is 372 g/mol. The first-order valence-electron chi connectivity index (χ1n) is 8.86. The van der Waals surface area contributed by atoms with E-state index in [0.29, 0.717) is 51.6 Å². The molecule has 0 aromatic carbocycles. The lowest BCUT2D eigenvalue weighted by molar-refractivity contribution is -0.141. The first-order valence-corrected chi connectivity index (χ1v) is 8.86. The number of halogens is 3. The molecule has 3 rings (SSSR count). The molecule has 0 N–H and O–H groups in total. The fourth-order valence-corrected chi connectivity index (χ4v) is 3.41. The Balaban J connectivity index is 1.57. The molecule has 0 unspecified atom stereocenters. The maximum atomic E-state index is 12.9. The molecule has 9 heteroatoms. The third-order valence-corrected chi connectivity index (χ3v) is 4.88. The Hall–Kier alpha value is -1.90. The van der Waals surface area contributed by atoms with E-state index in [-0.39, 0.29) is 17.6 Å². The van der Waals surface area contributed by atoms with E-state index in [9.17, 15) is 18.0 Å². The average Bonchev–Trinajstić information content (AvgIpc) is 2.62. The lowest BCUT2D eigenvalue weighted by atomic mass is 9.93. The van der Waals surface area contributed by atoms with E-state index in [2.05, 4.69) is 9.97 Å². The van der Waals surface area contributed by atoms with Crippen molar-refractivity contribution in [1.29, 1.82) is 0 Å². The van der Waals surface area contributed by atoms with Crippen molar-refractivity contribution in [2.24, 2.45) is 5.92 Å². The molecule has 6 nitrogen and oxygen atoms in total. The molecule has 0 bridgehead atoms. The molecular weight excluding hydrogens is 349 g/mol. The van der Waals surface area contributed by atoms with Gasteiger partial charge < -0.3 is 14.5 Å². The lowest BCUT2D eigenvalue weighted by Crippen LogP contribution is -2.42. The van der Waals surface area contributed by atoms with Gasteiger partial charge in [0.15, 0.2) is 0 Å². The predicted molar refractivity (Wildman–Crippen MR) is 88.7 cm³/mol. The molecule has 26 heavy (non-hydrogen) atoms. The minimum Gasteiger partial charge on any atom is -0.378 e. The van der Waals surface area contributed by atoms with Gasteiger partial charge >= 0.3 is 6.18 Å². The van der Waals surface area contributed by atoms with Crippen LogP contribution in [0.3, 0.4) is 0 Å². The van der Waals surface area contributed by atoms with Crippen LogP contribution in [-0.2, 0) is 15.7 Å². The zero-order valence-electron chi connectivity index (χ0n) is 14.8. The Kier molecular flexibility index (Phi) is 5.64. The number of hydrogen-bond acceptors (Lipinski definition) is 5. The van der Waals surface area contributed by atoms with Gasteiger partial charge in [-0.25, -0.2) is 9.97 Å². The van der Waals surface area contributed by atoms with Crippen LogP contribution in [0.2, 0.25) is 0 Å². The molecule has 0 aliphatic carbocycles. The zero-order chi connectivity index (χ0) is 18.7. The highest BCUT2D eigenvalue weighted by atomic mass is 19.4. The molecule has 1 aromatic rings. The van der Waals surface area contributed by atoms with Gasteiger partial charge in [-0.15, -0.1) is 0 Å². The number of carbonyl (C=O) groups is 1. The van der Waals surface area contributed by atoms with Gasteiger partial charge in [-0.2, -0.15) is 13.2 Å². The van der Waals surface area contributed by atoms with Crippen molar-refractivity contribution in [3.8, 4) is 0 Å². The summed E-state index contributed by atoms with van der Waals surface area (Å²) in [6.45, 7) is 5.09. The molecule has 2 aliphatic heterocycles. The van der Waals surface area contributed by atoms with Crippen LogP contribution < -0.4 is 4.90 Å². The van der Waals surface area contributed by atoms with Crippen LogP contribution in [0.4, 0.5) is 19.0 Å². The van der Waals surface area contributed by atoms with Gasteiger partial charge in [-0.1, -0.05) is 0 Å². The summed E-state index contributed by atoms with van der Waals surface area (Å²) in [5, 5.41) is 0. The number of piperidine rings is 1. The van der Waals surface area contributed by atoms with Gasteiger partial charge in [-0.05, 0) is 25.7 Å². The number of hydrogen-bond donors (Lipinski definition) is 0. The SMILES string of the molecule is Cc1nc(N2CCC(CC(=O)N3CCOCC3)CC2)cc(C(F)(F)F)n1. The van der Waals surface area contributed by atoms with Crippen molar-refractivity contribution in [2.45, 2.75) is 32.4 Å². The van der Waals surface area contributed by atoms with E-state index < -0.39 is 11.9 Å². The van der Waals surface area contributed by atoms with Gasteiger partial charge in [0.25, 0.3) is 0 Å². The summed E-state index contributed by atoms with van der Waals surface area (Å²) in [5.41, 5.74) is -0.912. The number of anilines is 1. The van der Waals surface area contributed by atoms with E-state index in [1.807, 2.05) is 9.80 Å². The van der Waals surface area contributed by atoms with Gasteiger partial charge in [-0.3, -0.25) is 4.79 Å². The first kappa shape index (κ1) is 18.9. The second kappa shape index (κ2) is 7.77. The Morgan fingerprint density at radius 1 is 1.19 bits per heavy atom. The number of aromatic nitrogens is 2. The van der Waals surface area contributed by atoms with Crippen LogP contribution in [0, 0.1) is 12.8 Å². The largest absolute Gasteiger partial charge is 0.433 e. The monoisotopic (exact) mass is 372 g/mol. The summed E-state index contributed by atoms with van der Waals surface area (Å²) in [5.74, 6) is 0.817. The first-order chi connectivity index (χ1) is 12.3. The molecule has 1 aromatic heterocycles. The fraction of sp³-hybridized carbons (Fsp3) is 0.706. The third kappa shape index (κ3) is 4.63. The van der Waals surface area contributed by atoms with Gasteiger partial charge in [0.2, 0.25) is 5.91 Å². The molecule has 2 aliphatic rings. The van der Waals surface area contributed by atoms with Crippen molar-refractivity contribution in [1.82, 2.24) is 14.9 Å². The van der Waals surface area contributed by atoms with E-state index in [1.165, 1.54) is 6.92 Å². The number of aryl methyl sites for hydroxylation is 1. The summed E-state index contributed by atoms with van der Waals surface area (Å²) in [4.78, 5) is 23.6. The molecule has 144 valence electrons. The topological polar surface area (TPSA) is 58.6 Å². The Labute approximate surface area is 150 Å². The predicted octanol–water partition coefficient (Wildman–Crippen LogP) is 2.27. The number of alkyl halides is 3. The van der Waals surface area contributed by atoms with Gasteiger partial charge in [0, 0.05) is 38.7 Å². The van der Waals surface area contributed by atoms with Crippen LogP contribution in [0.15, 0.2) is 6.07 Å². The van der Waals surface area contributed by atoms with E-state index >= 15 is 0 Å². The fourth-order valence-electron chi connectivity index (χ4n) is 3.41. The summed E-state index contributed by atoms with van der Waals surface area (Å²) in [7, 11) is 0. The van der Waals surface area contributed by atoms with Crippen LogP contribution in [0.25, 0.3) is 0 Å². The van der Waals surface area contributed by atoms with Crippen LogP contribution in [0.5, 0.6) is 0 Å². The molecule has 1 amide bonds. The van der Waals surface area contributed by atoms with E-state index in [0.717, 1.165) is 18.9 Å². The van der Waals surface area contributed by atoms with Crippen molar-refractivity contribution >= 4 is 11.7 Å². The van der Waals surface area contributed by atoms with Crippen LogP contribution in [0.1, 0.15) is 30.8 Å². The number of ether oxygens (including phenoxy) is 1. The van der Waals surface area contributed by atoms with Crippen molar-refractivity contribution in [3.05, 3.63) is 17.6 Å². The Morgan fingerprint density at radius 2 is 1.85 bits per heavy atom. The summed E-state index contributed by atoms with van der Waals surface area (Å²) < 4.78 is 44.1. The molecule has 2 saturated heterocycles. The molecular formula is C17H23F3N4O2. The summed E-state index contributed by atoms with van der Waals surface area (Å²) >= 11 is 0. The molecule has 3 heterocycles. The molecule has 0 radical (unpaired) electrons.